The van der Waals surface area contributed by atoms with E-state index >= 15 is 0 Å². The van der Waals surface area contributed by atoms with E-state index in [0.29, 0.717) is 6.54 Å². The number of hydrogen-bond donors (Lipinski definition) is 1. The van der Waals surface area contributed by atoms with Gasteiger partial charge in [-0.3, -0.25) is 0 Å². The van der Waals surface area contributed by atoms with E-state index in [1.807, 2.05) is 6.92 Å². The molecule has 0 aromatic heterocycles. The van der Waals surface area contributed by atoms with Crippen molar-refractivity contribution >= 4 is 29.8 Å². The predicted molar refractivity (Wildman–Crippen MR) is 74.2 cm³/mol. The number of hydrogen-bond acceptors (Lipinski definition) is 4. The summed E-state index contributed by atoms with van der Waals surface area (Å²) >= 11 is 0. The molecule has 8 heteroatoms. The van der Waals surface area contributed by atoms with Gasteiger partial charge in [0.15, 0.2) is 0 Å². The monoisotopic (exact) mass is 325 g/mol. The largest absolute Gasteiger partial charge is 0.261 e. The van der Waals surface area contributed by atoms with Crippen molar-refractivity contribution in [3.05, 3.63) is 24.3 Å². The van der Waals surface area contributed by atoms with E-state index in [1.165, 1.54) is 24.3 Å². The first kappa shape index (κ1) is 16.4. The minimum Gasteiger partial charge on any atom is -0.211 e. The number of unbranched alkanes of at least 4 members (excludes halogenated alkanes) is 2. The summed E-state index contributed by atoms with van der Waals surface area (Å²) in [5, 5.41) is 0. The van der Waals surface area contributed by atoms with Crippen molar-refractivity contribution in [1.29, 1.82) is 0 Å². The molecule has 0 amide bonds. The number of nitrogens with one attached hydrogen (secondary N) is 1. The molecule has 0 aliphatic rings. The molecule has 0 atom stereocenters. The van der Waals surface area contributed by atoms with Gasteiger partial charge in [-0.2, -0.15) is 0 Å². The summed E-state index contributed by atoms with van der Waals surface area (Å²) in [6.45, 7) is 2.39. The molecule has 0 bridgehead atoms. The van der Waals surface area contributed by atoms with Crippen molar-refractivity contribution in [2.24, 2.45) is 0 Å². The third kappa shape index (κ3) is 5.10. The lowest BCUT2D eigenvalue weighted by Crippen LogP contribution is -2.24. The highest BCUT2D eigenvalue weighted by Crippen LogP contribution is 2.17. The minimum absolute atomic E-state index is 0.0214. The van der Waals surface area contributed by atoms with Gasteiger partial charge >= 0.3 is 0 Å². The van der Waals surface area contributed by atoms with Crippen LogP contribution in [0.4, 0.5) is 0 Å². The van der Waals surface area contributed by atoms with Crippen LogP contribution in [-0.2, 0) is 19.1 Å². The lowest BCUT2D eigenvalue weighted by atomic mass is 10.3. The molecule has 0 aliphatic heterocycles. The van der Waals surface area contributed by atoms with Gasteiger partial charge in [0.2, 0.25) is 10.0 Å². The summed E-state index contributed by atoms with van der Waals surface area (Å²) in [7, 11) is -2.27. The van der Waals surface area contributed by atoms with Crippen LogP contribution in [0.5, 0.6) is 0 Å². The molecule has 0 saturated heterocycles. The summed E-state index contributed by atoms with van der Waals surface area (Å²) in [6.07, 6.45) is 2.72. The number of benzene rings is 1. The van der Waals surface area contributed by atoms with E-state index in [-0.39, 0.29) is 9.79 Å². The Balaban J connectivity index is 2.80. The fraction of sp³-hybridized carbons (Fsp3) is 0.455. The fourth-order valence-electron chi connectivity index (χ4n) is 1.45. The second kappa shape index (κ2) is 6.69. The molecule has 108 valence electrons. The highest BCUT2D eigenvalue weighted by Gasteiger charge is 2.15. The first-order valence-corrected chi connectivity index (χ1v) is 9.61. The van der Waals surface area contributed by atoms with Crippen LogP contribution >= 0.6 is 10.7 Å². The second-order valence-electron chi connectivity index (χ2n) is 4.01. The molecule has 0 aliphatic carbocycles. The molecule has 1 rings (SSSR count). The van der Waals surface area contributed by atoms with Gasteiger partial charge in [0.25, 0.3) is 9.05 Å². The third-order valence-corrected chi connectivity index (χ3v) is 5.33. The zero-order valence-corrected chi connectivity index (χ0v) is 12.9. The van der Waals surface area contributed by atoms with Gasteiger partial charge in [0.05, 0.1) is 9.79 Å². The third-order valence-electron chi connectivity index (χ3n) is 2.49. The minimum atomic E-state index is -3.83. The number of halogens is 1. The van der Waals surface area contributed by atoms with Gasteiger partial charge in [-0.05, 0) is 30.7 Å². The summed E-state index contributed by atoms with van der Waals surface area (Å²) in [5.74, 6) is 0. The molecule has 1 N–H and O–H groups in total. The maximum atomic E-state index is 11.9. The standard InChI is InChI=1S/C11H16ClNO4S2/c1-2-3-4-9-13-19(16,17)11-7-5-10(6-8-11)18(12,14)15/h5-8,13H,2-4,9H2,1H3. The maximum Gasteiger partial charge on any atom is 0.261 e. The second-order valence-corrected chi connectivity index (χ2v) is 8.35. The molecule has 0 fully saturated rings. The first-order valence-electron chi connectivity index (χ1n) is 5.82. The Hall–Kier alpha value is -0.630. The lowest BCUT2D eigenvalue weighted by molar-refractivity contribution is 0.575. The van der Waals surface area contributed by atoms with Crippen LogP contribution < -0.4 is 4.72 Å². The predicted octanol–water partition coefficient (Wildman–Crippen LogP) is 2.08. The molecular formula is C11H16ClNO4S2. The maximum absolute atomic E-state index is 11.9. The Morgan fingerprint density at radius 3 is 2.00 bits per heavy atom. The number of sulfonamides is 1. The van der Waals surface area contributed by atoms with E-state index in [9.17, 15) is 16.8 Å². The van der Waals surface area contributed by atoms with E-state index in [0.717, 1.165) is 19.3 Å². The summed E-state index contributed by atoms with van der Waals surface area (Å²) < 4.78 is 48.3. The molecule has 0 heterocycles. The highest BCUT2D eigenvalue weighted by atomic mass is 35.7. The number of rotatable bonds is 7. The topological polar surface area (TPSA) is 80.3 Å². The van der Waals surface area contributed by atoms with Crippen LogP contribution in [-0.4, -0.2) is 23.4 Å². The van der Waals surface area contributed by atoms with Gasteiger partial charge in [-0.15, -0.1) is 0 Å². The van der Waals surface area contributed by atoms with E-state index in [2.05, 4.69) is 4.72 Å². The van der Waals surface area contributed by atoms with E-state index in [1.54, 1.807) is 0 Å². The molecule has 5 nitrogen and oxygen atoms in total. The van der Waals surface area contributed by atoms with E-state index < -0.39 is 19.1 Å². The highest BCUT2D eigenvalue weighted by molar-refractivity contribution is 8.13. The van der Waals surface area contributed by atoms with Crippen LogP contribution in [0, 0.1) is 0 Å². The summed E-state index contributed by atoms with van der Waals surface area (Å²) in [4.78, 5) is -0.104. The zero-order chi connectivity index (χ0) is 14.5. The SMILES string of the molecule is CCCCCNS(=O)(=O)c1ccc(S(=O)(=O)Cl)cc1. The Morgan fingerprint density at radius 1 is 1.00 bits per heavy atom. The fourth-order valence-corrected chi connectivity index (χ4v) is 3.29. The average Bonchev–Trinajstić information content (AvgIpc) is 2.34. The zero-order valence-electron chi connectivity index (χ0n) is 10.5. The Morgan fingerprint density at radius 2 is 1.53 bits per heavy atom. The summed E-state index contributed by atoms with van der Waals surface area (Å²) in [5.41, 5.74) is 0. The molecule has 1 aromatic rings. The van der Waals surface area contributed by atoms with Crippen LogP contribution in [0.25, 0.3) is 0 Å². The Kier molecular flexibility index (Phi) is 5.79. The van der Waals surface area contributed by atoms with E-state index in [4.69, 9.17) is 10.7 Å². The van der Waals surface area contributed by atoms with Crippen molar-refractivity contribution in [2.45, 2.75) is 36.0 Å². The molecule has 0 saturated carbocycles. The Bertz CT molecular complexity index is 609. The normalized spacial score (nSPS) is 12.5. The summed E-state index contributed by atoms with van der Waals surface area (Å²) in [6, 6.07) is 4.78. The molecule has 0 unspecified atom stereocenters. The van der Waals surface area contributed by atoms with Gasteiger partial charge in [-0.1, -0.05) is 19.8 Å². The van der Waals surface area contributed by atoms with Crippen molar-refractivity contribution in [3.8, 4) is 0 Å². The quantitative estimate of drug-likeness (QED) is 0.615. The molecule has 0 spiro atoms. The Labute approximate surface area is 118 Å². The molecule has 19 heavy (non-hydrogen) atoms. The van der Waals surface area contributed by atoms with Crippen LogP contribution in [0.3, 0.4) is 0 Å². The van der Waals surface area contributed by atoms with Crippen LogP contribution in [0.2, 0.25) is 0 Å². The van der Waals surface area contributed by atoms with Crippen molar-refractivity contribution in [1.82, 2.24) is 4.72 Å². The van der Waals surface area contributed by atoms with Crippen molar-refractivity contribution in [3.63, 3.8) is 0 Å². The van der Waals surface area contributed by atoms with Gasteiger partial charge in [0.1, 0.15) is 0 Å². The molecule has 0 radical (unpaired) electrons. The van der Waals surface area contributed by atoms with Crippen LogP contribution in [0.1, 0.15) is 26.2 Å². The molecular weight excluding hydrogens is 310 g/mol. The van der Waals surface area contributed by atoms with Crippen molar-refractivity contribution < 1.29 is 16.8 Å². The molecule has 1 aromatic carbocycles. The van der Waals surface area contributed by atoms with Gasteiger partial charge < -0.3 is 0 Å². The first-order chi connectivity index (χ1) is 8.77. The smallest absolute Gasteiger partial charge is 0.211 e. The van der Waals surface area contributed by atoms with Crippen molar-refractivity contribution in [2.75, 3.05) is 6.54 Å². The lowest BCUT2D eigenvalue weighted by Gasteiger charge is -2.06. The van der Waals surface area contributed by atoms with Gasteiger partial charge in [-0.25, -0.2) is 21.6 Å². The van der Waals surface area contributed by atoms with Crippen LogP contribution in [0.15, 0.2) is 34.1 Å². The van der Waals surface area contributed by atoms with Gasteiger partial charge in [0, 0.05) is 17.2 Å². The average molecular weight is 326 g/mol.